The highest BCUT2D eigenvalue weighted by Gasteiger charge is 2.45. The number of carbonyl (C=O) groups is 1. The number of hydrogen-bond donors (Lipinski definition) is 1. The third kappa shape index (κ3) is 2.46. The monoisotopic (exact) mass is 324 g/mol. The Morgan fingerprint density at radius 3 is 2.71 bits per heavy atom. The van der Waals surface area contributed by atoms with Crippen LogP contribution in [0.25, 0.3) is 0 Å². The van der Waals surface area contributed by atoms with Crippen molar-refractivity contribution in [2.24, 2.45) is 11.8 Å². The summed E-state index contributed by atoms with van der Waals surface area (Å²) in [4.78, 5) is 18.4. The number of carboxylic acid groups (broad SMARTS) is 1. The molecule has 2 atom stereocenters. The van der Waals surface area contributed by atoms with Crippen LogP contribution in [0.3, 0.4) is 0 Å². The molecule has 0 aromatic carbocycles. The standard InChI is InChI=1S/C18H20N4O2/c23-18(24)15-6-19-22(10-15)9-12-3-4-16(20-17(12)11-1-2-11)21-7-13-5-14(13)8-21/h3-4,6,10-11,13-14H,1-2,5,7-9H2,(H,23,24). The molecule has 24 heavy (non-hydrogen) atoms. The summed E-state index contributed by atoms with van der Waals surface area (Å²) >= 11 is 0. The fourth-order valence-corrected chi connectivity index (χ4v) is 3.83. The van der Waals surface area contributed by atoms with Crippen molar-refractivity contribution >= 4 is 11.8 Å². The predicted octanol–water partition coefficient (Wildman–Crippen LogP) is 2.36. The van der Waals surface area contributed by atoms with Crippen LogP contribution in [0, 0.1) is 11.8 Å². The van der Waals surface area contributed by atoms with Crippen LogP contribution in [0.2, 0.25) is 0 Å². The second-order valence-corrected chi connectivity index (χ2v) is 7.38. The summed E-state index contributed by atoms with van der Waals surface area (Å²) in [5, 5.41) is 13.2. The lowest BCUT2D eigenvalue weighted by Gasteiger charge is -2.21. The summed E-state index contributed by atoms with van der Waals surface area (Å²) in [5.41, 5.74) is 2.56. The molecule has 0 radical (unpaired) electrons. The lowest BCUT2D eigenvalue weighted by Crippen LogP contribution is -2.23. The Morgan fingerprint density at radius 1 is 1.25 bits per heavy atom. The molecule has 3 heterocycles. The first-order chi connectivity index (χ1) is 11.7. The van der Waals surface area contributed by atoms with Crippen molar-refractivity contribution in [3.63, 3.8) is 0 Å². The van der Waals surface area contributed by atoms with Crippen LogP contribution < -0.4 is 4.90 Å². The van der Waals surface area contributed by atoms with Crippen LogP contribution in [-0.4, -0.2) is 38.9 Å². The Morgan fingerprint density at radius 2 is 2.04 bits per heavy atom. The maximum atomic E-state index is 11.0. The third-order valence-corrected chi connectivity index (χ3v) is 5.48. The number of aromatic carboxylic acids is 1. The van der Waals surface area contributed by atoms with Crippen molar-refractivity contribution in [3.8, 4) is 0 Å². The number of fused-ring (bicyclic) bond motifs is 1. The smallest absolute Gasteiger partial charge is 0.338 e. The lowest BCUT2D eigenvalue weighted by atomic mass is 10.1. The van der Waals surface area contributed by atoms with E-state index >= 15 is 0 Å². The number of piperidine rings is 1. The molecule has 2 saturated carbocycles. The van der Waals surface area contributed by atoms with E-state index in [0.29, 0.717) is 12.5 Å². The van der Waals surface area contributed by atoms with E-state index in [1.807, 2.05) is 0 Å². The summed E-state index contributed by atoms with van der Waals surface area (Å²) in [7, 11) is 0. The first-order valence-electron chi connectivity index (χ1n) is 8.68. The van der Waals surface area contributed by atoms with Crippen LogP contribution in [0.1, 0.15) is 46.8 Å². The molecule has 2 aromatic rings. The zero-order valence-corrected chi connectivity index (χ0v) is 13.4. The lowest BCUT2D eigenvalue weighted by molar-refractivity contribution is 0.0697. The van der Waals surface area contributed by atoms with Crippen molar-refractivity contribution < 1.29 is 9.90 Å². The molecule has 0 bridgehead atoms. The maximum Gasteiger partial charge on any atom is 0.338 e. The number of rotatable bonds is 5. The van der Waals surface area contributed by atoms with E-state index in [-0.39, 0.29) is 5.56 Å². The van der Waals surface area contributed by atoms with Crippen molar-refractivity contribution in [3.05, 3.63) is 41.3 Å². The van der Waals surface area contributed by atoms with Gasteiger partial charge in [-0.1, -0.05) is 6.07 Å². The minimum absolute atomic E-state index is 0.226. The molecule has 0 amide bonds. The molecular formula is C18H20N4O2. The first-order valence-corrected chi connectivity index (χ1v) is 8.68. The highest BCUT2D eigenvalue weighted by Crippen LogP contribution is 2.47. The van der Waals surface area contributed by atoms with E-state index in [1.54, 1.807) is 10.9 Å². The van der Waals surface area contributed by atoms with Crippen molar-refractivity contribution in [1.29, 1.82) is 0 Å². The number of hydrogen-bond acceptors (Lipinski definition) is 4. The molecule has 3 fully saturated rings. The van der Waals surface area contributed by atoms with Gasteiger partial charge in [-0.05, 0) is 42.7 Å². The number of anilines is 1. The fraction of sp³-hybridized carbons (Fsp3) is 0.500. The van der Waals surface area contributed by atoms with Gasteiger partial charge in [0.1, 0.15) is 5.82 Å². The summed E-state index contributed by atoms with van der Waals surface area (Å²) in [6.45, 7) is 2.89. The minimum Gasteiger partial charge on any atom is -0.478 e. The van der Waals surface area contributed by atoms with E-state index in [0.717, 1.165) is 36.3 Å². The van der Waals surface area contributed by atoms with Crippen molar-refractivity contribution in [1.82, 2.24) is 14.8 Å². The highest BCUT2D eigenvalue weighted by atomic mass is 16.4. The van der Waals surface area contributed by atoms with Crippen LogP contribution in [0.4, 0.5) is 5.82 Å². The largest absolute Gasteiger partial charge is 0.478 e. The van der Waals surface area contributed by atoms with Gasteiger partial charge in [-0.3, -0.25) is 4.68 Å². The molecule has 1 saturated heterocycles. The molecule has 1 aliphatic heterocycles. The summed E-state index contributed by atoms with van der Waals surface area (Å²) in [6, 6.07) is 4.27. The van der Waals surface area contributed by atoms with Crippen LogP contribution in [-0.2, 0) is 6.54 Å². The molecule has 3 aliphatic rings. The molecular weight excluding hydrogens is 304 g/mol. The second kappa shape index (κ2) is 5.06. The zero-order chi connectivity index (χ0) is 16.3. The van der Waals surface area contributed by atoms with E-state index in [1.165, 1.54) is 31.2 Å². The molecule has 6 heteroatoms. The molecule has 124 valence electrons. The summed E-state index contributed by atoms with van der Waals surface area (Å²) < 4.78 is 1.69. The van der Waals surface area contributed by atoms with Gasteiger partial charge in [0.15, 0.2) is 0 Å². The molecule has 0 spiro atoms. The number of carboxylic acids is 1. The Kier molecular flexibility index (Phi) is 2.96. The normalized spacial score (nSPS) is 24.9. The minimum atomic E-state index is -0.940. The fourth-order valence-electron chi connectivity index (χ4n) is 3.83. The number of aromatic nitrogens is 3. The van der Waals surface area contributed by atoms with Gasteiger partial charge in [-0.2, -0.15) is 5.10 Å². The second-order valence-electron chi connectivity index (χ2n) is 7.38. The molecule has 2 aliphatic carbocycles. The van der Waals surface area contributed by atoms with Gasteiger partial charge in [-0.25, -0.2) is 9.78 Å². The SMILES string of the molecule is O=C(O)c1cnn(Cc2ccc(N3CC4CC4C3)nc2C2CC2)c1. The summed E-state index contributed by atoms with van der Waals surface area (Å²) in [6.07, 6.45) is 6.79. The highest BCUT2D eigenvalue weighted by molar-refractivity contribution is 5.86. The molecule has 1 N–H and O–H groups in total. The average molecular weight is 324 g/mol. The quantitative estimate of drug-likeness (QED) is 0.914. The third-order valence-electron chi connectivity index (χ3n) is 5.48. The van der Waals surface area contributed by atoms with Gasteiger partial charge in [0, 0.05) is 25.2 Å². The van der Waals surface area contributed by atoms with Gasteiger partial charge in [0.25, 0.3) is 0 Å². The van der Waals surface area contributed by atoms with Gasteiger partial charge in [-0.15, -0.1) is 0 Å². The average Bonchev–Trinajstić information content (AvgIpc) is 3.47. The van der Waals surface area contributed by atoms with Gasteiger partial charge in [0.2, 0.25) is 0 Å². The Hall–Kier alpha value is -2.37. The van der Waals surface area contributed by atoms with Crippen molar-refractivity contribution in [2.45, 2.75) is 31.7 Å². The van der Waals surface area contributed by atoms with Crippen LogP contribution in [0.5, 0.6) is 0 Å². The number of nitrogens with zero attached hydrogens (tertiary/aromatic N) is 4. The Balaban J connectivity index is 1.41. The van der Waals surface area contributed by atoms with Crippen LogP contribution in [0.15, 0.2) is 24.5 Å². The van der Waals surface area contributed by atoms with Crippen molar-refractivity contribution in [2.75, 3.05) is 18.0 Å². The van der Waals surface area contributed by atoms with Gasteiger partial charge < -0.3 is 10.0 Å². The Bertz CT molecular complexity index is 801. The van der Waals surface area contributed by atoms with Gasteiger partial charge in [0.05, 0.1) is 24.0 Å². The zero-order valence-electron chi connectivity index (χ0n) is 13.4. The van der Waals surface area contributed by atoms with Gasteiger partial charge >= 0.3 is 5.97 Å². The summed E-state index contributed by atoms with van der Waals surface area (Å²) in [5.74, 6) is 2.53. The molecule has 6 nitrogen and oxygen atoms in total. The van der Waals surface area contributed by atoms with E-state index in [2.05, 4.69) is 22.1 Å². The van der Waals surface area contributed by atoms with Crippen LogP contribution >= 0.6 is 0 Å². The molecule has 2 aromatic heterocycles. The molecule has 5 rings (SSSR count). The van der Waals surface area contributed by atoms with E-state index in [9.17, 15) is 4.79 Å². The predicted molar refractivity (Wildman–Crippen MR) is 88.3 cm³/mol. The maximum absolute atomic E-state index is 11.0. The van der Waals surface area contributed by atoms with E-state index in [4.69, 9.17) is 10.1 Å². The first kappa shape index (κ1) is 14.0. The van der Waals surface area contributed by atoms with E-state index < -0.39 is 5.97 Å². The number of pyridine rings is 1. The molecule has 2 unspecified atom stereocenters. The Labute approximate surface area is 140 Å². The topological polar surface area (TPSA) is 71.2 Å².